The fraction of sp³-hybridized carbons (Fsp3) is 1.00. The summed E-state index contributed by atoms with van der Waals surface area (Å²) < 4.78 is -1.25. The van der Waals surface area contributed by atoms with Gasteiger partial charge in [0.1, 0.15) is 0 Å². The Morgan fingerprint density at radius 3 is 1.71 bits per heavy atom. The van der Waals surface area contributed by atoms with E-state index in [0.717, 1.165) is 0 Å². The smallest absolute Gasteiger partial charge is 0.163 e. The zero-order valence-corrected chi connectivity index (χ0v) is 6.55. The van der Waals surface area contributed by atoms with Gasteiger partial charge in [-0.25, -0.2) is 0 Å². The average molecular weight is 156 g/mol. The van der Waals surface area contributed by atoms with Gasteiger partial charge < -0.3 is 5.11 Å². The normalized spacial score (nSPS) is 16.7. The summed E-state index contributed by atoms with van der Waals surface area (Å²) >= 11 is 11.3. The fourth-order valence-electron chi connectivity index (χ4n) is 0. The summed E-state index contributed by atoms with van der Waals surface area (Å²) in [4.78, 5) is 0. The van der Waals surface area contributed by atoms with Crippen LogP contribution in [0.3, 0.4) is 0 Å². The molecule has 0 aliphatic carbocycles. The molecule has 4 heteroatoms. The van der Waals surface area contributed by atoms with Crippen LogP contribution in [0.1, 0.15) is 6.92 Å². The maximum absolute atomic E-state index is 8.75. The highest BCUT2D eigenvalue weighted by atomic mass is 32.2. The lowest BCUT2D eigenvalue weighted by molar-refractivity contribution is 0.237. The lowest BCUT2D eigenvalue weighted by atomic mass is 10.5. The van der Waals surface area contributed by atoms with Crippen molar-refractivity contribution in [3.63, 3.8) is 0 Å². The molecule has 0 heterocycles. The summed E-state index contributed by atoms with van der Waals surface area (Å²) in [5.74, 6) is 0. The second-order valence-electron chi connectivity index (χ2n) is 1.36. The standard InChI is InChI=1S/C3H8OS3/c1-2(5)3(4,6)7/h2,4-7H,1H3. The van der Waals surface area contributed by atoms with Crippen molar-refractivity contribution in [1.82, 2.24) is 0 Å². The molecule has 0 aromatic carbocycles. The molecule has 0 radical (unpaired) electrons. The van der Waals surface area contributed by atoms with E-state index in [9.17, 15) is 0 Å². The average Bonchev–Trinajstić information content (AvgIpc) is 1.31. The molecule has 0 amide bonds. The third-order valence-electron chi connectivity index (χ3n) is 0.561. The Bertz CT molecular complexity index is 55.7. The van der Waals surface area contributed by atoms with Gasteiger partial charge in [-0.1, -0.05) is 0 Å². The molecule has 0 saturated heterocycles. The molecule has 0 aliphatic heterocycles. The van der Waals surface area contributed by atoms with E-state index in [1.54, 1.807) is 6.92 Å². The first-order chi connectivity index (χ1) is 2.94. The Labute approximate surface area is 59.7 Å². The van der Waals surface area contributed by atoms with Crippen molar-refractivity contribution in [2.45, 2.75) is 16.4 Å². The summed E-state index contributed by atoms with van der Waals surface area (Å²) in [5.41, 5.74) is 0. The van der Waals surface area contributed by atoms with Gasteiger partial charge in [0.2, 0.25) is 0 Å². The maximum Gasteiger partial charge on any atom is 0.163 e. The van der Waals surface area contributed by atoms with Crippen LogP contribution < -0.4 is 0 Å². The van der Waals surface area contributed by atoms with E-state index in [2.05, 4.69) is 37.9 Å². The number of hydrogen-bond acceptors (Lipinski definition) is 4. The third kappa shape index (κ3) is 3.58. The van der Waals surface area contributed by atoms with Gasteiger partial charge in [-0.15, -0.1) is 25.3 Å². The van der Waals surface area contributed by atoms with Gasteiger partial charge >= 0.3 is 0 Å². The minimum atomic E-state index is -1.25. The molecular weight excluding hydrogens is 148 g/mol. The molecule has 0 bridgehead atoms. The monoisotopic (exact) mass is 156 g/mol. The van der Waals surface area contributed by atoms with Crippen molar-refractivity contribution in [2.75, 3.05) is 0 Å². The van der Waals surface area contributed by atoms with Crippen LogP contribution in [0.2, 0.25) is 0 Å². The Kier molecular flexibility index (Phi) is 2.89. The van der Waals surface area contributed by atoms with Gasteiger partial charge in [-0.05, 0) is 6.92 Å². The van der Waals surface area contributed by atoms with Crippen molar-refractivity contribution in [1.29, 1.82) is 0 Å². The van der Waals surface area contributed by atoms with E-state index in [-0.39, 0.29) is 5.25 Å². The largest absolute Gasteiger partial charge is 0.370 e. The van der Waals surface area contributed by atoms with Gasteiger partial charge in [-0.3, -0.25) is 0 Å². The molecule has 0 spiro atoms. The van der Waals surface area contributed by atoms with Crippen molar-refractivity contribution in [3.05, 3.63) is 0 Å². The minimum Gasteiger partial charge on any atom is -0.370 e. The molecule has 1 unspecified atom stereocenters. The van der Waals surface area contributed by atoms with Gasteiger partial charge in [0.05, 0.1) is 0 Å². The van der Waals surface area contributed by atoms with Crippen LogP contribution in [-0.4, -0.2) is 14.6 Å². The van der Waals surface area contributed by atoms with Gasteiger partial charge in [0.25, 0.3) is 0 Å². The Morgan fingerprint density at radius 1 is 1.57 bits per heavy atom. The summed E-state index contributed by atoms with van der Waals surface area (Å²) in [6.07, 6.45) is 0. The summed E-state index contributed by atoms with van der Waals surface area (Å²) in [6, 6.07) is 0. The molecule has 0 aliphatic rings. The highest BCUT2D eigenvalue weighted by Crippen LogP contribution is 2.23. The van der Waals surface area contributed by atoms with Crippen molar-refractivity contribution in [2.24, 2.45) is 0 Å². The molecule has 1 nitrogen and oxygen atoms in total. The SMILES string of the molecule is CC(S)C(O)(S)S. The first-order valence-corrected chi connectivity index (χ1v) is 3.21. The number of rotatable bonds is 1. The van der Waals surface area contributed by atoms with Crippen LogP contribution in [-0.2, 0) is 0 Å². The van der Waals surface area contributed by atoms with E-state index in [4.69, 9.17) is 5.11 Å². The minimum absolute atomic E-state index is 0.223. The third-order valence-corrected chi connectivity index (χ3v) is 2.12. The highest BCUT2D eigenvalue weighted by molar-refractivity contribution is 8.01. The molecule has 7 heavy (non-hydrogen) atoms. The lowest BCUT2D eigenvalue weighted by Gasteiger charge is -2.17. The van der Waals surface area contributed by atoms with E-state index in [1.807, 2.05) is 0 Å². The molecule has 1 atom stereocenters. The number of thiol groups is 3. The Balaban J connectivity index is 3.54. The Morgan fingerprint density at radius 2 is 1.71 bits per heavy atom. The first-order valence-electron chi connectivity index (χ1n) is 1.80. The number of aliphatic hydroxyl groups is 1. The van der Waals surface area contributed by atoms with Crippen LogP contribution in [0.15, 0.2) is 0 Å². The molecule has 0 fully saturated rings. The second-order valence-corrected chi connectivity index (χ2v) is 3.85. The summed E-state index contributed by atoms with van der Waals surface area (Å²) in [5, 5.41) is 8.52. The topological polar surface area (TPSA) is 20.2 Å². The quantitative estimate of drug-likeness (QED) is 0.327. The molecule has 1 N–H and O–H groups in total. The van der Waals surface area contributed by atoms with E-state index < -0.39 is 4.27 Å². The molecule has 0 aromatic heterocycles. The fourth-order valence-corrected chi connectivity index (χ4v) is 0. The molecule has 0 rings (SSSR count). The first kappa shape index (κ1) is 8.01. The van der Waals surface area contributed by atoms with Gasteiger partial charge in [0.15, 0.2) is 4.27 Å². The summed E-state index contributed by atoms with van der Waals surface area (Å²) in [7, 11) is 0. The Hall–Kier alpha value is 1.01. The zero-order valence-electron chi connectivity index (χ0n) is 3.87. The molecule has 0 aromatic rings. The van der Waals surface area contributed by atoms with E-state index in [0.29, 0.717) is 0 Å². The van der Waals surface area contributed by atoms with Crippen LogP contribution in [0.5, 0.6) is 0 Å². The van der Waals surface area contributed by atoms with E-state index in [1.165, 1.54) is 0 Å². The van der Waals surface area contributed by atoms with Crippen molar-refractivity contribution < 1.29 is 5.11 Å². The second kappa shape index (κ2) is 2.53. The maximum atomic E-state index is 8.75. The lowest BCUT2D eigenvalue weighted by Crippen LogP contribution is -2.22. The zero-order chi connectivity index (χ0) is 6.08. The van der Waals surface area contributed by atoms with Crippen molar-refractivity contribution >= 4 is 37.9 Å². The highest BCUT2D eigenvalue weighted by Gasteiger charge is 2.20. The van der Waals surface area contributed by atoms with Crippen LogP contribution in [0.4, 0.5) is 0 Å². The number of hydrogen-bond donors (Lipinski definition) is 4. The van der Waals surface area contributed by atoms with Crippen molar-refractivity contribution in [3.8, 4) is 0 Å². The summed E-state index contributed by atoms with van der Waals surface area (Å²) in [6.45, 7) is 1.71. The molecule has 0 saturated carbocycles. The van der Waals surface area contributed by atoms with Gasteiger partial charge in [0, 0.05) is 5.25 Å². The van der Waals surface area contributed by atoms with E-state index >= 15 is 0 Å². The predicted octanol–water partition coefficient (Wildman–Crippen LogP) is 0.810. The predicted molar refractivity (Wildman–Crippen MR) is 41.4 cm³/mol. The van der Waals surface area contributed by atoms with Crippen LogP contribution in [0, 0.1) is 0 Å². The van der Waals surface area contributed by atoms with Gasteiger partial charge in [-0.2, -0.15) is 12.6 Å². The molecule has 44 valence electrons. The van der Waals surface area contributed by atoms with Crippen LogP contribution in [0.25, 0.3) is 0 Å². The van der Waals surface area contributed by atoms with Crippen LogP contribution >= 0.6 is 37.9 Å². The molecular formula is C3H8OS3.